The van der Waals surface area contributed by atoms with Crippen molar-refractivity contribution in [1.29, 1.82) is 10.5 Å². The number of amides is 1. The molecular weight excluding hydrogens is 274 g/mol. The third-order valence-corrected chi connectivity index (χ3v) is 2.28. The highest BCUT2D eigenvalue weighted by Gasteiger charge is 2.08. The lowest BCUT2D eigenvalue weighted by atomic mass is 10.2. The van der Waals surface area contributed by atoms with E-state index in [-0.39, 0.29) is 18.2 Å². The summed E-state index contributed by atoms with van der Waals surface area (Å²) in [6.45, 7) is -0.101. The van der Waals surface area contributed by atoms with Crippen molar-refractivity contribution in [3.8, 4) is 17.9 Å². The van der Waals surface area contributed by atoms with Crippen molar-refractivity contribution >= 4 is 23.0 Å². The van der Waals surface area contributed by atoms with Crippen LogP contribution in [0.25, 0.3) is 0 Å². The van der Waals surface area contributed by atoms with Crippen molar-refractivity contribution in [2.24, 2.45) is 5.10 Å². The number of benzene rings is 1. The number of nitrogens with zero attached hydrogens (tertiary/aromatic N) is 3. The van der Waals surface area contributed by atoms with Gasteiger partial charge in [-0.3, -0.25) is 10.2 Å². The number of rotatable bonds is 6. The lowest BCUT2D eigenvalue weighted by Crippen LogP contribution is -2.18. The fraction of sp³-hybridized carbons (Fsp3) is 0.231. The second kappa shape index (κ2) is 8.15. The zero-order valence-electron chi connectivity index (χ0n) is 11.5. The van der Waals surface area contributed by atoms with E-state index in [2.05, 4.69) is 15.8 Å². The number of ether oxygens (including phenoxy) is 2. The first-order valence-electron chi connectivity index (χ1n) is 5.75. The molecule has 0 radical (unpaired) electrons. The zero-order chi connectivity index (χ0) is 15.7. The first-order valence-corrected chi connectivity index (χ1v) is 5.75. The fourth-order valence-corrected chi connectivity index (χ4v) is 1.36. The van der Waals surface area contributed by atoms with E-state index in [9.17, 15) is 4.79 Å². The molecule has 0 saturated heterocycles. The molecule has 0 bridgehead atoms. The molecule has 0 unspecified atom stereocenters. The first-order chi connectivity index (χ1) is 10.1. The summed E-state index contributed by atoms with van der Waals surface area (Å²) in [6, 6.07) is 8.05. The number of nitriles is 2. The Bertz CT molecular complexity index is 612. The molecule has 1 aromatic carbocycles. The largest absolute Gasteiger partial charge is 0.497 e. The van der Waals surface area contributed by atoms with Gasteiger partial charge in [0.15, 0.2) is 0 Å². The Hall–Kier alpha value is -3.10. The maximum atomic E-state index is 11.5. The molecule has 0 aromatic heterocycles. The number of hydrogen-bond donors (Lipinski definition) is 2. The van der Waals surface area contributed by atoms with E-state index in [0.29, 0.717) is 17.1 Å². The monoisotopic (exact) mass is 287 g/mol. The molecule has 0 fully saturated rings. The number of methoxy groups -OCH3 is 2. The van der Waals surface area contributed by atoms with Crippen LogP contribution in [0.2, 0.25) is 0 Å². The van der Waals surface area contributed by atoms with Gasteiger partial charge >= 0.3 is 0 Å². The van der Waals surface area contributed by atoms with Crippen LogP contribution in [0, 0.1) is 22.7 Å². The molecule has 1 aromatic rings. The summed E-state index contributed by atoms with van der Waals surface area (Å²) in [7, 11) is 2.89. The van der Waals surface area contributed by atoms with Crippen molar-refractivity contribution in [3.05, 3.63) is 18.2 Å². The molecule has 2 N–H and O–H groups in total. The van der Waals surface area contributed by atoms with Crippen LogP contribution in [0.4, 0.5) is 11.4 Å². The third kappa shape index (κ3) is 4.82. The highest BCUT2D eigenvalue weighted by Crippen LogP contribution is 2.27. The van der Waals surface area contributed by atoms with E-state index in [1.165, 1.54) is 14.2 Å². The zero-order valence-corrected chi connectivity index (χ0v) is 11.5. The average molecular weight is 287 g/mol. The van der Waals surface area contributed by atoms with E-state index in [1.54, 1.807) is 30.3 Å². The number of carbonyl (C=O) groups excluding carboxylic acids is 1. The molecule has 0 aliphatic heterocycles. The molecule has 0 aliphatic carbocycles. The van der Waals surface area contributed by atoms with Crippen molar-refractivity contribution < 1.29 is 14.3 Å². The second-order valence-electron chi connectivity index (χ2n) is 3.69. The van der Waals surface area contributed by atoms with Gasteiger partial charge in [0.05, 0.1) is 18.5 Å². The Labute approximate surface area is 121 Å². The molecule has 0 heterocycles. The predicted molar refractivity (Wildman–Crippen MR) is 75.8 cm³/mol. The van der Waals surface area contributed by atoms with Crippen LogP contribution in [0.3, 0.4) is 0 Å². The van der Waals surface area contributed by atoms with Gasteiger partial charge in [0, 0.05) is 13.2 Å². The molecule has 0 atom stereocenters. The molecule has 1 amide bonds. The average Bonchev–Trinajstić information content (AvgIpc) is 2.49. The minimum atomic E-state index is -0.351. The van der Waals surface area contributed by atoms with E-state index in [4.69, 9.17) is 20.0 Å². The molecule has 0 spiro atoms. The Morgan fingerprint density at radius 3 is 2.57 bits per heavy atom. The predicted octanol–water partition coefficient (Wildman–Crippen LogP) is 1.10. The lowest BCUT2D eigenvalue weighted by molar-refractivity contribution is -0.119. The maximum Gasteiger partial charge on any atom is 0.250 e. The van der Waals surface area contributed by atoms with Crippen molar-refractivity contribution in [1.82, 2.24) is 0 Å². The summed E-state index contributed by atoms with van der Waals surface area (Å²) >= 11 is 0. The van der Waals surface area contributed by atoms with Crippen LogP contribution in [-0.4, -0.2) is 32.4 Å². The molecule has 1 rings (SSSR count). The van der Waals surface area contributed by atoms with Crippen molar-refractivity contribution in [2.75, 3.05) is 31.6 Å². The van der Waals surface area contributed by atoms with Crippen LogP contribution < -0.4 is 15.5 Å². The Morgan fingerprint density at radius 2 is 2.00 bits per heavy atom. The number of nitrogens with one attached hydrogen (secondary N) is 2. The highest BCUT2D eigenvalue weighted by molar-refractivity contribution is 6.10. The molecule has 21 heavy (non-hydrogen) atoms. The lowest BCUT2D eigenvalue weighted by Gasteiger charge is -2.11. The Balaban J connectivity index is 3.03. The highest BCUT2D eigenvalue weighted by atomic mass is 16.5. The van der Waals surface area contributed by atoms with Crippen LogP contribution in [0.1, 0.15) is 0 Å². The van der Waals surface area contributed by atoms with Gasteiger partial charge in [-0.1, -0.05) is 0 Å². The quantitative estimate of drug-likeness (QED) is 0.597. The normalized spacial score (nSPS) is 8.95. The van der Waals surface area contributed by atoms with Gasteiger partial charge in [0.2, 0.25) is 11.6 Å². The fourth-order valence-electron chi connectivity index (χ4n) is 1.36. The van der Waals surface area contributed by atoms with E-state index in [0.717, 1.165) is 0 Å². The van der Waals surface area contributed by atoms with Crippen molar-refractivity contribution in [2.45, 2.75) is 0 Å². The summed E-state index contributed by atoms with van der Waals surface area (Å²) < 4.78 is 9.79. The van der Waals surface area contributed by atoms with E-state index >= 15 is 0 Å². The number of hydrogen-bond acceptors (Lipinski definition) is 7. The standard InChI is InChI=1S/C13H13N5O3/c1-20-8-13(19)16-11-4-3-10(21-2)5-12(11)18-17-9(6-14)7-15/h3-5,18H,8H2,1-2H3,(H,16,19). The van der Waals surface area contributed by atoms with Crippen LogP contribution >= 0.6 is 0 Å². The minimum absolute atomic E-state index is 0.101. The number of anilines is 2. The van der Waals surface area contributed by atoms with Crippen molar-refractivity contribution in [3.63, 3.8) is 0 Å². The number of hydrazone groups is 1. The summed E-state index contributed by atoms with van der Waals surface area (Å²) in [5.41, 5.74) is 2.99. The summed E-state index contributed by atoms with van der Waals surface area (Å²) in [6.07, 6.45) is 0. The van der Waals surface area contributed by atoms with Crippen LogP contribution in [0.15, 0.2) is 23.3 Å². The minimum Gasteiger partial charge on any atom is -0.497 e. The molecular formula is C13H13N5O3. The molecule has 0 aliphatic rings. The van der Waals surface area contributed by atoms with E-state index in [1.807, 2.05) is 0 Å². The smallest absolute Gasteiger partial charge is 0.250 e. The molecule has 8 heteroatoms. The summed E-state index contributed by atoms with van der Waals surface area (Å²) in [5.74, 6) is 0.170. The summed E-state index contributed by atoms with van der Waals surface area (Å²) in [5, 5.41) is 23.5. The van der Waals surface area contributed by atoms with Gasteiger partial charge in [-0.25, -0.2) is 0 Å². The van der Waals surface area contributed by atoms with Crippen LogP contribution in [0.5, 0.6) is 5.75 Å². The molecule has 108 valence electrons. The Kier molecular flexibility index (Phi) is 6.19. The van der Waals surface area contributed by atoms with Gasteiger partial charge < -0.3 is 14.8 Å². The maximum absolute atomic E-state index is 11.5. The Morgan fingerprint density at radius 1 is 1.29 bits per heavy atom. The van der Waals surface area contributed by atoms with Gasteiger partial charge in [-0.05, 0) is 12.1 Å². The van der Waals surface area contributed by atoms with E-state index < -0.39 is 0 Å². The first kappa shape index (κ1) is 16.0. The van der Waals surface area contributed by atoms with Gasteiger partial charge in [-0.15, -0.1) is 0 Å². The third-order valence-electron chi connectivity index (χ3n) is 2.28. The van der Waals surface area contributed by atoms with Crippen LogP contribution in [-0.2, 0) is 9.53 Å². The SMILES string of the molecule is COCC(=O)Nc1ccc(OC)cc1NN=C(C#N)C#N. The second-order valence-corrected chi connectivity index (χ2v) is 3.69. The molecule has 8 nitrogen and oxygen atoms in total. The van der Waals surface area contributed by atoms with Gasteiger partial charge in [-0.2, -0.15) is 15.6 Å². The number of carbonyl (C=O) groups is 1. The summed E-state index contributed by atoms with van der Waals surface area (Å²) in [4.78, 5) is 11.5. The molecule has 0 saturated carbocycles. The topological polar surface area (TPSA) is 120 Å². The van der Waals surface area contributed by atoms with Gasteiger partial charge in [0.25, 0.3) is 0 Å². The van der Waals surface area contributed by atoms with Gasteiger partial charge in [0.1, 0.15) is 24.5 Å².